The van der Waals surface area contributed by atoms with Gasteiger partial charge in [0, 0.05) is 4.47 Å². The summed E-state index contributed by atoms with van der Waals surface area (Å²) in [4.78, 5) is 25.1. The van der Waals surface area contributed by atoms with Crippen molar-refractivity contribution in [3.05, 3.63) is 79.0 Å². The smallest absolute Gasteiger partial charge is 0.333 e. The summed E-state index contributed by atoms with van der Waals surface area (Å²) in [5, 5.41) is 28.0. The van der Waals surface area contributed by atoms with Crippen LogP contribution < -0.4 is 11.2 Å². The van der Waals surface area contributed by atoms with Gasteiger partial charge in [-0.2, -0.15) is 4.39 Å². The summed E-state index contributed by atoms with van der Waals surface area (Å²) >= 11 is 3.45. The van der Waals surface area contributed by atoms with Crippen molar-refractivity contribution < 1.29 is 19.3 Å². The molecule has 4 rings (SSSR count). The molecule has 4 unspecified atom stereocenters. The van der Waals surface area contributed by atoms with Crippen LogP contribution in [-0.2, 0) is 17.8 Å². The Labute approximate surface area is 183 Å². The van der Waals surface area contributed by atoms with Gasteiger partial charge < -0.3 is 14.9 Å². The molecular weight excluding hydrogens is 477 g/mol. The highest BCUT2D eigenvalue weighted by Gasteiger charge is 2.42. The van der Waals surface area contributed by atoms with Crippen molar-refractivity contribution in [2.45, 2.75) is 44.6 Å². The van der Waals surface area contributed by atoms with Gasteiger partial charge in [-0.3, -0.25) is 13.9 Å². The van der Waals surface area contributed by atoms with E-state index in [2.05, 4.69) is 26.2 Å². The van der Waals surface area contributed by atoms with Crippen LogP contribution in [0.25, 0.3) is 0 Å². The Morgan fingerprint density at radius 3 is 2.58 bits per heavy atom. The maximum atomic E-state index is 14.3. The van der Waals surface area contributed by atoms with Gasteiger partial charge in [-0.25, -0.2) is 9.48 Å². The number of aromatic nitrogens is 5. The van der Waals surface area contributed by atoms with Gasteiger partial charge in [-0.1, -0.05) is 39.3 Å². The molecule has 0 amide bonds. The van der Waals surface area contributed by atoms with Crippen molar-refractivity contribution in [1.82, 2.24) is 24.1 Å². The Kier molecular flexibility index (Phi) is 5.88. The summed E-state index contributed by atoms with van der Waals surface area (Å²) in [6, 6.07) is 7.55. The van der Waals surface area contributed by atoms with Crippen LogP contribution >= 0.6 is 15.9 Å². The molecule has 1 saturated heterocycles. The van der Waals surface area contributed by atoms with Crippen LogP contribution in [0.1, 0.15) is 24.4 Å². The Balaban J connectivity index is 1.63. The van der Waals surface area contributed by atoms with Gasteiger partial charge in [0.1, 0.15) is 17.9 Å². The topological polar surface area (TPSA) is 124 Å². The third-order valence-corrected chi connectivity index (χ3v) is 5.87. The number of hydrogen-bond acceptors (Lipinski definition) is 7. The van der Waals surface area contributed by atoms with Crippen molar-refractivity contribution in [3.8, 4) is 0 Å². The van der Waals surface area contributed by atoms with Crippen molar-refractivity contribution in [3.63, 3.8) is 0 Å². The minimum absolute atomic E-state index is 0.268. The lowest BCUT2D eigenvalue weighted by Crippen LogP contribution is -2.44. The molecule has 10 nitrogen and oxygen atoms in total. The maximum absolute atomic E-state index is 14.3. The molecule has 3 heterocycles. The molecular formula is C19H19BrFN5O5. The Morgan fingerprint density at radius 2 is 1.90 bits per heavy atom. The lowest BCUT2D eigenvalue weighted by Gasteiger charge is -2.18. The second-order valence-electron chi connectivity index (χ2n) is 7.27. The SMILES string of the molecule is CC1OC(n2cc(F)c(=O)n(Cc3cn(Cc4ccccc4Br)nn3)c2=O)C(O)C1O. The van der Waals surface area contributed by atoms with Crippen molar-refractivity contribution in [2.75, 3.05) is 0 Å². The highest BCUT2D eigenvalue weighted by Crippen LogP contribution is 2.27. The number of aliphatic hydroxyl groups is 2. The summed E-state index contributed by atoms with van der Waals surface area (Å²) in [7, 11) is 0. The van der Waals surface area contributed by atoms with Crippen molar-refractivity contribution in [2.24, 2.45) is 0 Å². The molecule has 0 radical (unpaired) electrons. The van der Waals surface area contributed by atoms with E-state index in [0.29, 0.717) is 17.3 Å². The minimum Gasteiger partial charge on any atom is -0.388 e. The standard InChI is InChI=1S/C19H19BrFN5O5/c1-10-15(27)16(28)18(31-10)26-9-14(21)17(29)25(19(26)30)8-12-7-24(23-22-12)6-11-4-2-3-5-13(11)20/h2-5,7,9-10,15-16,18,27-28H,6,8H2,1H3. The lowest BCUT2D eigenvalue weighted by atomic mass is 10.1. The molecule has 4 atom stereocenters. The molecule has 0 spiro atoms. The first-order valence-corrected chi connectivity index (χ1v) is 10.2. The van der Waals surface area contributed by atoms with E-state index in [1.54, 1.807) is 6.20 Å². The molecule has 1 fully saturated rings. The van der Waals surface area contributed by atoms with Crippen LogP contribution in [-0.4, -0.2) is 52.7 Å². The Bertz CT molecular complexity index is 1220. The van der Waals surface area contributed by atoms with Crippen LogP contribution in [0.15, 0.2) is 50.7 Å². The summed E-state index contributed by atoms with van der Waals surface area (Å²) < 4.78 is 23.5. The molecule has 31 heavy (non-hydrogen) atoms. The zero-order valence-electron chi connectivity index (χ0n) is 16.3. The highest BCUT2D eigenvalue weighted by atomic mass is 79.9. The summed E-state index contributed by atoms with van der Waals surface area (Å²) in [6.07, 6.45) is -2.59. The van der Waals surface area contributed by atoms with Crippen molar-refractivity contribution >= 4 is 15.9 Å². The van der Waals surface area contributed by atoms with Gasteiger partial charge in [-0.05, 0) is 18.6 Å². The van der Waals surface area contributed by atoms with Gasteiger partial charge in [0.25, 0.3) is 5.56 Å². The molecule has 164 valence electrons. The number of ether oxygens (including phenoxy) is 1. The lowest BCUT2D eigenvalue weighted by molar-refractivity contribution is -0.0364. The summed E-state index contributed by atoms with van der Waals surface area (Å²) in [5.74, 6) is -1.20. The predicted molar refractivity (Wildman–Crippen MR) is 109 cm³/mol. The van der Waals surface area contributed by atoms with E-state index in [4.69, 9.17) is 4.74 Å². The Morgan fingerprint density at radius 1 is 1.16 bits per heavy atom. The van der Waals surface area contributed by atoms with Gasteiger partial charge >= 0.3 is 5.69 Å². The van der Waals surface area contributed by atoms with E-state index in [0.717, 1.165) is 14.6 Å². The predicted octanol–water partition coefficient (Wildman–Crippen LogP) is 0.239. The molecule has 0 saturated carbocycles. The molecule has 0 bridgehead atoms. The molecule has 0 aliphatic carbocycles. The first-order chi connectivity index (χ1) is 14.8. The van der Waals surface area contributed by atoms with Gasteiger partial charge in [0.15, 0.2) is 6.23 Å². The second-order valence-corrected chi connectivity index (χ2v) is 8.12. The first kappa shape index (κ1) is 21.6. The van der Waals surface area contributed by atoms with Crippen LogP contribution in [0, 0.1) is 5.82 Å². The van der Waals surface area contributed by atoms with Gasteiger partial charge in [0.2, 0.25) is 5.82 Å². The van der Waals surface area contributed by atoms with E-state index in [9.17, 15) is 24.2 Å². The van der Waals surface area contributed by atoms with E-state index < -0.39 is 41.6 Å². The van der Waals surface area contributed by atoms with Crippen LogP contribution in [0.3, 0.4) is 0 Å². The summed E-state index contributed by atoms with van der Waals surface area (Å²) in [5.41, 5.74) is -0.825. The maximum Gasteiger partial charge on any atom is 0.333 e. The molecule has 3 aromatic rings. The van der Waals surface area contributed by atoms with E-state index >= 15 is 0 Å². The number of benzene rings is 1. The zero-order valence-corrected chi connectivity index (χ0v) is 17.9. The number of rotatable bonds is 5. The van der Waals surface area contributed by atoms with Crippen LogP contribution in [0.2, 0.25) is 0 Å². The average Bonchev–Trinajstić information content (AvgIpc) is 3.29. The fourth-order valence-corrected chi connectivity index (χ4v) is 3.83. The zero-order chi connectivity index (χ0) is 22.3. The Hall–Kier alpha value is -2.67. The highest BCUT2D eigenvalue weighted by molar-refractivity contribution is 9.10. The second kappa shape index (κ2) is 8.46. The minimum atomic E-state index is -1.46. The molecule has 2 N–H and O–H groups in total. The van der Waals surface area contributed by atoms with Crippen molar-refractivity contribution in [1.29, 1.82) is 0 Å². The number of halogens is 2. The molecule has 1 aliphatic heterocycles. The largest absolute Gasteiger partial charge is 0.388 e. The number of hydrogen-bond donors (Lipinski definition) is 2. The van der Waals surface area contributed by atoms with Gasteiger partial charge in [-0.15, -0.1) is 5.10 Å². The molecule has 1 aliphatic rings. The number of nitrogens with zero attached hydrogens (tertiary/aromatic N) is 5. The monoisotopic (exact) mass is 495 g/mol. The normalized spacial score (nSPS) is 23.4. The van der Waals surface area contributed by atoms with Gasteiger partial charge in [0.05, 0.1) is 31.6 Å². The van der Waals surface area contributed by atoms with E-state index in [1.165, 1.54) is 11.6 Å². The molecule has 12 heteroatoms. The fourth-order valence-electron chi connectivity index (χ4n) is 3.42. The molecule has 2 aromatic heterocycles. The summed E-state index contributed by atoms with van der Waals surface area (Å²) in [6.45, 7) is 1.58. The van der Waals surface area contributed by atoms with E-state index in [1.807, 2.05) is 24.3 Å². The van der Waals surface area contributed by atoms with E-state index in [-0.39, 0.29) is 12.2 Å². The first-order valence-electron chi connectivity index (χ1n) is 9.41. The van der Waals surface area contributed by atoms with Crippen LogP contribution in [0.5, 0.6) is 0 Å². The third kappa shape index (κ3) is 4.11. The third-order valence-electron chi connectivity index (χ3n) is 5.10. The molecule has 1 aromatic carbocycles. The quantitative estimate of drug-likeness (QED) is 0.519. The fraction of sp³-hybridized carbons (Fsp3) is 0.368. The van der Waals surface area contributed by atoms with Crippen LogP contribution in [0.4, 0.5) is 4.39 Å². The number of aliphatic hydroxyl groups excluding tert-OH is 2. The average molecular weight is 496 g/mol.